The Kier molecular flexibility index (Phi) is 2.59. The summed E-state index contributed by atoms with van der Waals surface area (Å²) in [5.74, 6) is 0.149. The minimum absolute atomic E-state index is 0.184. The molecular formula is C12H8BrNO4. The molecule has 0 amide bonds. The Balaban J connectivity index is 2.33. The number of carbonyl (C=O) groups is 1. The normalized spacial score (nSPS) is 13.6. The van der Waals surface area contributed by atoms with Gasteiger partial charge in [0, 0.05) is 11.5 Å². The van der Waals surface area contributed by atoms with Gasteiger partial charge in [0.05, 0.1) is 11.1 Å². The lowest BCUT2D eigenvalue weighted by Gasteiger charge is -2.19. The summed E-state index contributed by atoms with van der Waals surface area (Å²) in [5.41, 5.74) is 0.745. The van der Waals surface area contributed by atoms with Crippen LogP contribution >= 0.6 is 15.9 Å². The highest BCUT2D eigenvalue weighted by molar-refractivity contribution is 9.10. The second-order valence-corrected chi connectivity index (χ2v) is 4.62. The number of halogens is 1. The van der Waals surface area contributed by atoms with Gasteiger partial charge in [-0.05, 0) is 28.1 Å². The molecule has 6 heteroatoms. The van der Waals surface area contributed by atoms with Gasteiger partial charge in [0.1, 0.15) is 17.8 Å². The van der Waals surface area contributed by atoms with Crippen LogP contribution in [0.4, 0.5) is 0 Å². The highest BCUT2D eigenvalue weighted by Gasteiger charge is 2.17. The maximum Gasteiger partial charge on any atom is 0.336 e. The maximum absolute atomic E-state index is 11.2. The van der Waals surface area contributed by atoms with E-state index in [0.29, 0.717) is 40.2 Å². The fraction of sp³-hybridized carbons (Fsp3) is 0.167. The zero-order chi connectivity index (χ0) is 12.7. The summed E-state index contributed by atoms with van der Waals surface area (Å²) in [6.07, 6.45) is 0. The van der Waals surface area contributed by atoms with Gasteiger partial charge in [-0.3, -0.25) is 0 Å². The van der Waals surface area contributed by atoms with Crippen molar-refractivity contribution < 1.29 is 19.4 Å². The van der Waals surface area contributed by atoms with E-state index in [1.807, 2.05) is 0 Å². The van der Waals surface area contributed by atoms with Crippen LogP contribution in [0.25, 0.3) is 10.9 Å². The first-order valence-corrected chi connectivity index (χ1v) is 6.07. The van der Waals surface area contributed by atoms with Gasteiger partial charge in [0.15, 0.2) is 11.5 Å². The monoisotopic (exact) mass is 309 g/mol. The lowest BCUT2D eigenvalue weighted by Crippen LogP contribution is -2.15. The Morgan fingerprint density at radius 2 is 1.89 bits per heavy atom. The van der Waals surface area contributed by atoms with Crippen molar-refractivity contribution in [3.05, 3.63) is 28.4 Å². The van der Waals surface area contributed by atoms with Gasteiger partial charge in [-0.2, -0.15) is 0 Å². The van der Waals surface area contributed by atoms with Crippen LogP contribution in [0, 0.1) is 0 Å². The Morgan fingerprint density at radius 1 is 1.22 bits per heavy atom. The van der Waals surface area contributed by atoms with Crippen molar-refractivity contribution in [1.29, 1.82) is 0 Å². The molecule has 0 radical (unpaired) electrons. The molecule has 0 unspecified atom stereocenters. The average Bonchev–Trinajstić information content (AvgIpc) is 2.35. The Morgan fingerprint density at radius 3 is 2.56 bits per heavy atom. The van der Waals surface area contributed by atoms with Crippen molar-refractivity contribution in [3.8, 4) is 11.5 Å². The number of hydrogen-bond donors (Lipinski definition) is 1. The molecule has 1 N–H and O–H groups in total. The van der Waals surface area contributed by atoms with Crippen molar-refractivity contribution in [1.82, 2.24) is 4.98 Å². The number of fused-ring (bicyclic) bond motifs is 2. The van der Waals surface area contributed by atoms with Crippen LogP contribution in [0.2, 0.25) is 0 Å². The molecule has 1 aromatic carbocycles. The largest absolute Gasteiger partial charge is 0.486 e. The molecule has 1 aliphatic heterocycles. The number of rotatable bonds is 1. The molecule has 2 heterocycles. The molecular weight excluding hydrogens is 302 g/mol. The van der Waals surface area contributed by atoms with Gasteiger partial charge in [-0.25, -0.2) is 9.78 Å². The van der Waals surface area contributed by atoms with Crippen LogP contribution in [0.1, 0.15) is 10.4 Å². The Hall–Kier alpha value is -1.82. The number of aromatic carboxylic acids is 1. The quantitative estimate of drug-likeness (QED) is 0.820. The number of hydrogen-bond acceptors (Lipinski definition) is 4. The van der Waals surface area contributed by atoms with Gasteiger partial charge >= 0.3 is 5.97 Å². The molecule has 18 heavy (non-hydrogen) atoms. The molecule has 3 rings (SSSR count). The van der Waals surface area contributed by atoms with Crippen LogP contribution in [0.5, 0.6) is 11.5 Å². The first-order valence-electron chi connectivity index (χ1n) is 5.28. The van der Waals surface area contributed by atoms with E-state index in [4.69, 9.17) is 9.47 Å². The molecule has 0 saturated heterocycles. The zero-order valence-corrected chi connectivity index (χ0v) is 10.7. The predicted octanol–water partition coefficient (Wildman–Crippen LogP) is 2.47. The van der Waals surface area contributed by atoms with Gasteiger partial charge < -0.3 is 14.6 Å². The van der Waals surface area contributed by atoms with Crippen LogP contribution in [0.3, 0.4) is 0 Å². The number of pyridine rings is 1. The Labute approximate surface area is 110 Å². The van der Waals surface area contributed by atoms with Gasteiger partial charge in [0.2, 0.25) is 0 Å². The van der Waals surface area contributed by atoms with Gasteiger partial charge in [0.25, 0.3) is 0 Å². The molecule has 0 bridgehead atoms. The van der Waals surface area contributed by atoms with Crippen molar-refractivity contribution in [2.45, 2.75) is 0 Å². The van der Waals surface area contributed by atoms with E-state index < -0.39 is 5.97 Å². The molecule has 2 aromatic rings. The molecule has 0 fully saturated rings. The number of carboxylic acid groups (broad SMARTS) is 1. The van der Waals surface area contributed by atoms with Gasteiger partial charge in [-0.1, -0.05) is 0 Å². The lowest BCUT2D eigenvalue weighted by molar-refractivity contribution is 0.0699. The minimum Gasteiger partial charge on any atom is -0.486 e. The number of benzene rings is 1. The highest BCUT2D eigenvalue weighted by Crippen LogP contribution is 2.35. The number of carboxylic acids is 1. The smallest absolute Gasteiger partial charge is 0.336 e. The first kappa shape index (κ1) is 11.3. The highest BCUT2D eigenvalue weighted by atomic mass is 79.9. The van der Waals surface area contributed by atoms with Crippen molar-refractivity contribution in [2.24, 2.45) is 0 Å². The fourth-order valence-corrected chi connectivity index (χ4v) is 2.33. The zero-order valence-electron chi connectivity index (χ0n) is 9.14. The van der Waals surface area contributed by atoms with Gasteiger partial charge in [-0.15, -0.1) is 0 Å². The number of ether oxygens (including phenoxy) is 2. The predicted molar refractivity (Wildman–Crippen MR) is 67.4 cm³/mol. The standard InChI is InChI=1S/C12H8BrNO4/c13-11-4-7(12(15)16)6-3-9-10(5-8(6)14-11)18-2-1-17-9/h3-5H,1-2H2,(H,15,16). The van der Waals surface area contributed by atoms with Crippen LogP contribution in [-0.4, -0.2) is 29.3 Å². The maximum atomic E-state index is 11.2. The van der Waals surface area contributed by atoms with Crippen molar-refractivity contribution >= 4 is 32.8 Å². The Bertz CT molecular complexity index is 656. The third-order valence-corrected chi connectivity index (χ3v) is 3.08. The fourth-order valence-electron chi connectivity index (χ4n) is 1.91. The summed E-state index contributed by atoms with van der Waals surface area (Å²) in [4.78, 5) is 15.5. The molecule has 5 nitrogen and oxygen atoms in total. The molecule has 0 aliphatic carbocycles. The number of nitrogens with zero attached hydrogens (tertiary/aromatic N) is 1. The molecule has 92 valence electrons. The number of aromatic nitrogens is 1. The molecule has 1 aliphatic rings. The summed E-state index contributed by atoms with van der Waals surface area (Å²) >= 11 is 3.20. The van der Waals surface area contributed by atoms with E-state index in [9.17, 15) is 9.90 Å². The summed E-state index contributed by atoms with van der Waals surface area (Å²) in [6.45, 7) is 0.948. The van der Waals surface area contributed by atoms with Crippen LogP contribution in [-0.2, 0) is 0 Å². The summed E-state index contributed by atoms with van der Waals surface area (Å²) in [7, 11) is 0. The topological polar surface area (TPSA) is 68.7 Å². The lowest BCUT2D eigenvalue weighted by atomic mass is 10.1. The van der Waals surface area contributed by atoms with E-state index in [-0.39, 0.29) is 5.56 Å². The van der Waals surface area contributed by atoms with E-state index in [2.05, 4.69) is 20.9 Å². The van der Waals surface area contributed by atoms with E-state index in [1.165, 1.54) is 6.07 Å². The second-order valence-electron chi connectivity index (χ2n) is 3.81. The van der Waals surface area contributed by atoms with Crippen LogP contribution < -0.4 is 9.47 Å². The van der Waals surface area contributed by atoms with Crippen LogP contribution in [0.15, 0.2) is 22.8 Å². The molecule has 0 saturated carbocycles. The van der Waals surface area contributed by atoms with E-state index in [1.54, 1.807) is 12.1 Å². The van der Waals surface area contributed by atoms with E-state index in [0.717, 1.165) is 0 Å². The molecule has 1 aromatic heterocycles. The summed E-state index contributed by atoms with van der Waals surface area (Å²) in [6, 6.07) is 4.83. The third kappa shape index (κ3) is 1.78. The first-order chi connectivity index (χ1) is 8.65. The van der Waals surface area contributed by atoms with Crippen molar-refractivity contribution in [3.63, 3.8) is 0 Å². The molecule has 0 spiro atoms. The minimum atomic E-state index is -1.00. The van der Waals surface area contributed by atoms with Crippen molar-refractivity contribution in [2.75, 3.05) is 13.2 Å². The average molecular weight is 310 g/mol. The second kappa shape index (κ2) is 4.13. The summed E-state index contributed by atoms with van der Waals surface area (Å²) in [5, 5.41) is 9.73. The molecule has 0 atom stereocenters. The SMILES string of the molecule is O=C(O)c1cc(Br)nc2cc3c(cc12)OCCO3. The summed E-state index contributed by atoms with van der Waals surface area (Å²) < 4.78 is 11.4. The third-order valence-electron chi connectivity index (χ3n) is 2.67. The van der Waals surface area contributed by atoms with E-state index >= 15 is 0 Å².